The van der Waals surface area contributed by atoms with Crippen molar-refractivity contribution in [3.05, 3.63) is 29.8 Å². The van der Waals surface area contributed by atoms with Crippen molar-refractivity contribution in [1.82, 2.24) is 20.9 Å². The first-order valence-corrected chi connectivity index (χ1v) is 11.3. The summed E-state index contributed by atoms with van der Waals surface area (Å²) in [7, 11) is 0. The summed E-state index contributed by atoms with van der Waals surface area (Å²) in [6, 6.07) is 2.58. The third-order valence-corrected chi connectivity index (χ3v) is 7.70. The number of rotatable bonds is 6. The topological polar surface area (TPSA) is 180 Å². The first kappa shape index (κ1) is 24.8. The van der Waals surface area contributed by atoms with Crippen molar-refractivity contribution in [2.45, 2.75) is 61.0 Å². The number of nitrogens with one attached hydrogen (secondary N) is 3. The Morgan fingerprint density at radius 1 is 1.24 bits per heavy atom. The zero-order valence-electron chi connectivity index (χ0n) is 18.2. The molecule has 1 aromatic rings. The van der Waals surface area contributed by atoms with Crippen LogP contribution in [0.3, 0.4) is 0 Å². The molecule has 4 rings (SSSR count). The lowest BCUT2D eigenvalue weighted by atomic mass is 9.95. The number of carboxylic acid groups (broad SMARTS) is 1. The fourth-order valence-electron chi connectivity index (χ4n) is 4.50. The number of phenolic OH excluding ortho intramolecular Hbond substituents is 1. The van der Waals surface area contributed by atoms with E-state index in [2.05, 4.69) is 16.0 Å². The highest BCUT2D eigenvalue weighted by molar-refractivity contribution is 8.01. The maximum absolute atomic E-state index is 13.2. The number of benzene rings is 1. The zero-order chi connectivity index (χ0) is 23.2. The Labute approximate surface area is 194 Å². The van der Waals surface area contributed by atoms with E-state index in [1.54, 1.807) is 13.8 Å². The van der Waals surface area contributed by atoms with E-state index in [-0.39, 0.29) is 17.1 Å². The summed E-state index contributed by atoms with van der Waals surface area (Å²) in [6.45, 7) is 4.24. The van der Waals surface area contributed by atoms with Crippen LogP contribution < -0.4 is 16.0 Å². The van der Waals surface area contributed by atoms with E-state index in [4.69, 9.17) is 0 Å². The van der Waals surface area contributed by atoms with E-state index in [0.29, 0.717) is 12.0 Å². The second-order valence-electron chi connectivity index (χ2n) is 8.77. The third-order valence-electron chi connectivity index (χ3n) is 6.12. The molecule has 3 saturated heterocycles. The van der Waals surface area contributed by atoms with Crippen molar-refractivity contribution in [1.29, 1.82) is 0 Å². The first-order chi connectivity index (χ1) is 15.1. The van der Waals surface area contributed by atoms with Gasteiger partial charge in [-0.05, 0) is 50.9 Å². The van der Waals surface area contributed by atoms with Crippen LogP contribution in [0.4, 0.5) is 0 Å². The van der Waals surface area contributed by atoms with Gasteiger partial charge in [-0.2, -0.15) is 0 Å². The van der Waals surface area contributed by atoms with Gasteiger partial charge in [0.1, 0.15) is 29.2 Å². The number of hydrogen-bond donors (Lipinski definition) is 5. The Morgan fingerprint density at radius 2 is 1.91 bits per heavy atom. The number of hydrogen-bond acceptors (Lipinski definition) is 7. The van der Waals surface area contributed by atoms with Gasteiger partial charge in [0.15, 0.2) is 0 Å². The van der Waals surface area contributed by atoms with E-state index < -0.39 is 52.1 Å². The summed E-state index contributed by atoms with van der Waals surface area (Å²) in [5.74, 6) is -2.41. The molecule has 0 spiro atoms. The second kappa shape index (κ2) is 9.20. The molecule has 0 bridgehead atoms. The molecule has 3 aliphatic rings. The maximum Gasteiger partial charge on any atom is 0.327 e. The first-order valence-electron chi connectivity index (χ1n) is 10.5. The number of fused-ring (bicyclic) bond motifs is 1. The van der Waals surface area contributed by atoms with Gasteiger partial charge in [0.05, 0.1) is 6.04 Å². The van der Waals surface area contributed by atoms with Gasteiger partial charge in [0.25, 0.3) is 0 Å². The molecule has 3 fully saturated rings. The van der Waals surface area contributed by atoms with Gasteiger partial charge in [0.2, 0.25) is 17.7 Å². The second-order valence-corrected chi connectivity index (χ2v) is 10.5. The highest BCUT2D eigenvalue weighted by Gasteiger charge is 2.64. The molecule has 0 aromatic heterocycles. The van der Waals surface area contributed by atoms with Gasteiger partial charge < -0.3 is 36.5 Å². The van der Waals surface area contributed by atoms with Gasteiger partial charge in [-0.3, -0.25) is 14.4 Å². The number of carbonyl (C=O) groups is 4. The molecule has 180 valence electrons. The van der Waals surface area contributed by atoms with E-state index in [1.165, 1.54) is 40.9 Å². The number of β-lactam (4-membered cyclic amide) rings is 1. The predicted molar refractivity (Wildman–Crippen MR) is 119 cm³/mol. The largest absolute Gasteiger partial charge is 0.508 e. The fourth-order valence-corrected chi connectivity index (χ4v) is 6.13. The molecule has 1 unspecified atom stereocenters. The van der Waals surface area contributed by atoms with Crippen molar-refractivity contribution in [2.75, 3.05) is 6.54 Å². The van der Waals surface area contributed by atoms with E-state index in [0.717, 1.165) is 13.0 Å². The summed E-state index contributed by atoms with van der Waals surface area (Å²) < 4.78 is -0.704. The molecule has 3 heterocycles. The smallest absolute Gasteiger partial charge is 0.327 e. The molecule has 11 nitrogen and oxygen atoms in total. The Bertz CT molecular complexity index is 948. The van der Waals surface area contributed by atoms with Crippen LogP contribution in [0.5, 0.6) is 5.75 Å². The van der Waals surface area contributed by atoms with Crippen molar-refractivity contribution in [3.8, 4) is 5.75 Å². The van der Waals surface area contributed by atoms with Crippen LogP contribution in [0, 0.1) is 0 Å². The summed E-state index contributed by atoms with van der Waals surface area (Å²) in [5, 5.41) is 27.2. The average Bonchev–Trinajstić information content (AvgIpc) is 3.35. The molecule has 5 atom stereocenters. The number of aliphatic carboxylic acids is 1. The lowest BCUT2D eigenvalue weighted by Gasteiger charge is -2.44. The molecule has 0 radical (unpaired) electrons. The highest BCUT2D eigenvalue weighted by Crippen LogP contribution is 2.50. The number of carbonyl (C=O) groups excluding carboxylic acids is 3. The van der Waals surface area contributed by atoms with Crippen LogP contribution in [0.2, 0.25) is 0 Å². The van der Waals surface area contributed by atoms with Crippen LogP contribution in [0.25, 0.3) is 0 Å². The molecular formula is C21H28N4O7S. The Balaban J connectivity index is 0.00000306. The maximum atomic E-state index is 13.2. The molecule has 3 amide bonds. The molecule has 7 N–H and O–H groups in total. The van der Waals surface area contributed by atoms with Crippen molar-refractivity contribution in [2.24, 2.45) is 0 Å². The summed E-state index contributed by atoms with van der Waals surface area (Å²) in [5.41, 5.74) is 0.457. The molecule has 1 aromatic carbocycles. The van der Waals surface area contributed by atoms with E-state index in [1.807, 2.05) is 0 Å². The minimum atomic E-state index is -1.08. The minimum absolute atomic E-state index is 0. The van der Waals surface area contributed by atoms with Gasteiger partial charge >= 0.3 is 5.97 Å². The Hall–Kier alpha value is -2.83. The number of carboxylic acids is 1. The van der Waals surface area contributed by atoms with Gasteiger partial charge in [-0.15, -0.1) is 11.8 Å². The molecule has 0 saturated carbocycles. The molecule has 12 heteroatoms. The van der Waals surface area contributed by atoms with Gasteiger partial charge in [0, 0.05) is 4.75 Å². The lowest BCUT2D eigenvalue weighted by molar-refractivity contribution is -0.161. The molecule has 33 heavy (non-hydrogen) atoms. The average molecular weight is 481 g/mol. The summed E-state index contributed by atoms with van der Waals surface area (Å²) in [6.07, 6.45) is 1.52. The standard InChI is InChI=1S/C21H26N4O6S.H2O/c1-21(2)15(20(30)31)25-18(29)14(19(25)32-21)24-17(28)13(10-5-7-11(26)8-6-10)23-16(27)12-4-3-9-22-12;/h5-8,12-15,19,22,26H,3-4,9H2,1-2H3,(H,23,27)(H,24,28)(H,30,31);1H2/t12-,13?,14-,15+,19-;/m1./s1. The minimum Gasteiger partial charge on any atom is -0.508 e. The molecule has 0 aliphatic carbocycles. The predicted octanol–water partition coefficient (Wildman–Crippen LogP) is -0.891. The molecular weight excluding hydrogens is 452 g/mol. The van der Waals surface area contributed by atoms with Crippen molar-refractivity contribution in [3.63, 3.8) is 0 Å². The van der Waals surface area contributed by atoms with Crippen molar-refractivity contribution < 1.29 is 34.9 Å². The zero-order valence-corrected chi connectivity index (χ0v) is 19.0. The number of nitrogens with zero attached hydrogens (tertiary/aromatic N) is 1. The van der Waals surface area contributed by atoms with Crippen LogP contribution in [-0.2, 0) is 19.2 Å². The monoisotopic (exact) mass is 480 g/mol. The molecule has 3 aliphatic heterocycles. The number of thioether (sulfide) groups is 1. The highest BCUT2D eigenvalue weighted by atomic mass is 32.2. The van der Waals surface area contributed by atoms with Gasteiger partial charge in [-0.25, -0.2) is 4.79 Å². The number of amides is 3. The van der Waals surface area contributed by atoms with Gasteiger partial charge in [-0.1, -0.05) is 12.1 Å². The number of aromatic hydroxyl groups is 1. The summed E-state index contributed by atoms with van der Waals surface area (Å²) >= 11 is 1.33. The third kappa shape index (κ3) is 4.50. The SMILES string of the molecule is CC1(C)S[C@@H]2[C@H](NC(=O)C(NC(=O)[C@H]3CCCN3)c3ccc(O)cc3)C(=O)N2[C@H]1C(=O)O.O. The quantitative estimate of drug-likeness (QED) is 0.325. The normalized spacial score (nSPS) is 28.2. The Kier molecular flexibility index (Phi) is 6.91. The number of phenols is 1. The fraction of sp³-hybridized carbons (Fsp3) is 0.524. The van der Waals surface area contributed by atoms with Crippen LogP contribution in [0.15, 0.2) is 24.3 Å². The van der Waals surface area contributed by atoms with Crippen LogP contribution in [0.1, 0.15) is 38.3 Å². The van der Waals surface area contributed by atoms with E-state index >= 15 is 0 Å². The van der Waals surface area contributed by atoms with Crippen molar-refractivity contribution >= 4 is 35.5 Å². The summed E-state index contributed by atoms with van der Waals surface area (Å²) in [4.78, 5) is 51.6. The van der Waals surface area contributed by atoms with Crippen LogP contribution >= 0.6 is 11.8 Å². The Morgan fingerprint density at radius 3 is 2.48 bits per heavy atom. The van der Waals surface area contributed by atoms with Crippen LogP contribution in [-0.4, -0.2) is 79.1 Å². The lowest BCUT2D eigenvalue weighted by Crippen LogP contribution is -2.71. The van der Waals surface area contributed by atoms with E-state index in [9.17, 15) is 29.4 Å².